The van der Waals surface area contributed by atoms with Crippen LogP contribution in [0.4, 0.5) is 0 Å². The molecule has 0 aliphatic heterocycles. The number of nitrogens with zero attached hydrogens (tertiary/aromatic N) is 2. The van der Waals surface area contributed by atoms with Crippen LogP contribution in [0, 0.1) is 0 Å². The molecule has 112 valence electrons. The van der Waals surface area contributed by atoms with E-state index in [-0.39, 0.29) is 18.7 Å². The van der Waals surface area contributed by atoms with Crippen LogP contribution in [0.5, 0.6) is 0 Å². The maximum Gasteiger partial charge on any atom is 0.0897 e. The quantitative estimate of drug-likeness (QED) is 0.415. The van der Waals surface area contributed by atoms with E-state index in [1.54, 1.807) is 7.11 Å². The van der Waals surface area contributed by atoms with E-state index in [4.69, 9.17) is 15.6 Å². The first-order chi connectivity index (χ1) is 9.13. The number of hydrogen-bond donors (Lipinski definition) is 3. The summed E-state index contributed by atoms with van der Waals surface area (Å²) in [6, 6.07) is -0.0482. The van der Waals surface area contributed by atoms with Crippen molar-refractivity contribution in [3.05, 3.63) is 12.3 Å². The van der Waals surface area contributed by atoms with Crippen LogP contribution in [0.15, 0.2) is 17.3 Å². The fourth-order valence-electron chi connectivity index (χ4n) is 1.46. The van der Waals surface area contributed by atoms with Crippen LogP contribution in [0.25, 0.3) is 0 Å². The average Bonchev–Trinajstić information content (AvgIpc) is 2.43. The zero-order valence-corrected chi connectivity index (χ0v) is 12.1. The zero-order valence-electron chi connectivity index (χ0n) is 12.1. The van der Waals surface area contributed by atoms with E-state index in [0.717, 1.165) is 19.5 Å². The lowest BCUT2D eigenvalue weighted by Gasteiger charge is -2.16. The van der Waals surface area contributed by atoms with Crippen LogP contribution in [0.3, 0.4) is 0 Å². The van der Waals surface area contributed by atoms with E-state index >= 15 is 0 Å². The highest BCUT2D eigenvalue weighted by Gasteiger charge is 2.03. The molecule has 4 N–H and O–H groups in total. The third kappa shape index (κ3) is 10.6. The van der Waals surface area contributed by atoms with E-state index in [0.29, 0.717) is 13.2 Å². The monoisotopic (exact) mass is 272 g/mol. The summed E-state index contributed by atoms with van der Waals surface area (Å²) in [4.78, 5) is 6.09. The molecule has 0 spiro atoms. The minimum absolute atomic E-state index is 0.0423. The van der Waals surface area contributed by atoms with Crippen LogP contribution in [0.2, 0.25) is 0 Å². The molecule has 0 rings (SSSR count). The van der Waals surface area contributed by atoms with Crippen molar-refractivity contribution >= 4 is 6.72 Å². The Morgan fingerprint density at radius 3 is 2.89 bits per heavy atom. The van der Waals surface area contributed by atoms with Gasteiger partial charge in [0.05, 0.1) is 19.3 Å². The van der Waals surface area contributed by atoms with Gasteiger partial charge in [-0.05, 0) is 32.9 Å². The molecule has 0 saturated heterocycles. The SMILES string of the molecule is C=NC(CN/C=C/CN(C)CC[C@H](N)CO)COC. The van der Waals surface area contributed by atoms with Gasteiger partial charge in [-0.15, -0.1) is 0 Å². The number of rotatable bonds is 12. The summed E-state index contributed by atoms with van der Waals surface area (Å²) in [5.74, 6) is 0. The molecule has 0 aliphatic carbocycles. The van der Waals surface area contributed by atoms with Crippen LogP contribution in [-0.2, 0) is 4.74 Å². The number of methoxy groups -OCH3 is 1. The summed E-state index contributed by atoms with van der Waals surface area (Å²) in [7, 11) is 3.67. The van der Waals surface area contributed by atoms with Gasteiger partial charge in [0.25, 0.3) is 0 Å². The number of aliphatic hydroxyl groups excluding tert-OH is 1. The predicted molar refractivity (Wildman–Crippen MR) is 79.5 cm³/mol. The molecule has 0 saturated carbocycles. The standard InChI is InChI=1S/C13H28N4O2/c1-15-13(11-19-3)9-16-6-4-7-17(2)8-5-12(14)10-18/h4,6,12-13,16,18H,1,5,7-11,14H2,2-3H3/b6-4+/t12-,13?/m0/s1. The number of aliphatic imine (C=N–C) groups is 1. The molecule has 19 heavy (non-hydrogen) atoms. The summed E-state index contributed by atoms with van der Waals surface area (Å²) < 4.78 is 5.02. The lowest BCUT2D eigenvalue weighted by Crippen LogP contribution is -2.31. The van der Waals surface area contributed by atoms with Gasteiger partial charge in [-0.1, -0.05) is 6.08 Å². The van der Waals surface area contributed by atoms with E-state index in [1.807, 2.05) is 19.3 Å². The Morgan fingerprint density at radius 1 is 1.58 bits per heavy atom. The van der Waals surface area contributed by atoms with Gasteiger partial charge in [0.1, 0.15) is 0 Å². The van der Waals surface area contributed by atoms with Crippen LogP contribution >= 0.6 is 0 Å². The largest absolute Gasteiger partial charge is 0.395 e. The number of ether oxygens (including phenoxy) is 1. The highest BCUT2D eigenvalue weighted by molar-refractivity contribution is 5.24. The molecule has 2 atom stereocenters. The number of aliphatic hydroxyl groups is 1. The van der Waals surface area contributed by atoms with Gasteiger partial charge in [-0.25, -0.2) is 0 Å². The first kappa shape index (κ1) is 18.0. The number of nitrogens with one attached hydrogen (secondary N) is 1. The van der Waals surface area contributed by atoms with Gasteiger partial charge in [0, 0.05) is 26.2 Å². The first-order valence-electron chi connectivity index (χ1n) is 6.52. The topological polar surface area (TPSA) is 83.1 Å². The summed E-state index contributed by atoms with van der Waals surface area (Å²) >= 11 is 0. The minimum Gasteiger partial charge on any atom is -0.395 e. The summed E-state index contributed by atoms with van der Waals surface area (Å²) in [6.45, 7) is 6.55. The Labute approximate surface area is 116 Å². The van der Waals surface area contributed by atoms with Crippen molar-refractivity contribution in [3.63, 3.8) is 0 Å². The van der Waals surface area contributed by atoms with Crippen LogP contribution in [0.1, 0.15) is 6.42 Å². The maximum atomic E-state index is 8.82. The molecule has 6 nitrogen and oxygen atoms in total. The Balaban J connectivity index is 3.63. The summed E-state index contributed by atoms with van der Waals surface area (Å²) in [5, 5.41) is 12.0. The number of hydrogen-bond acceptors (Lipinski definition) is 6. The second-order valence-electron chi connectivity index (χ2n) is 4.60. The fraction of sp³-hybridized carbons (Fsp3) is 0.769. The Kier molecular flexibility index (Phi) is 11.5. The van der Waals surface area contributed by atoms with Crippen molar-refractivity contribution in [3.8, 4) is 0 Å². The molecule has 0 aromatic carbocycles. The van der Waals surface area contributed by atoms with Gasteiger partial charge in [0.15, 0.2) is 0 Å². The van der Waals surface area contributed by atoms with E-state index in [1.165, 1.54) is 0 Å². The van der Waals surface area contributed by atoms with Crippen molar-refractivity contribution < 1.29 is 9.84 Å². The average molecular weight is 272 g/mol. The molecular formula is C13H28N4O2. The molecule has 0 amide bonds. The van der Waals surface area contributed by atoms with Gasteiger partial charge in [-0.2, -0.15) is 0 Å². The zero-order chi connectivity index (χ0) is 14.5. The summed E-state index contributed by atoms with van der Waals surface area (Å²) in [6.07, 6.45) is 4.75. The molecule has 0 aromatic rings. The predicted octanol–water partition coefficient (Wildman–Crippen LogP) is -0.553. The summed E-state index contributed by atoms with van der Waals surface area (Å²) in [5.41, 5.74) is 5.64. The Morgan fingerprint density at radius 2 is 2.32 bits per heavy atom. The Bertz CT molecular complexity index is 249. The lowest BCUT2D eigenvalue weighted by atomic mass is 10.2. The van der Waals surface area contributed by atoms with Crippen molar-refractivity contribution in [1.29, 1.82) is 0 Å². The maximum absolute atomic E-state index is 8.82. The number of likely N-dealkylation sites (N-methyl/N-ethyl adjacent to an activating group) is 1. The number of nitrogens with two attached hydrogens (primary N) is 1. The second kappa shape index (κ2) is 12.1. The molecule has 0 bridgehead atoms. The fourth-order valence-corrected chi connectivity index (χ4v) is 1.46. The van der Waals surface area contributed by atoms with Crippen molar-refractivity contribution in [2.45, 2.75) is 18.5 Å². The molecule has 0 aliphatic rings. The van der Waals surface area contributed by atoms with E-state index < -0.39 is 0 Å². The van der Waals surface area contributed by atoms with Crippen molar-refractivity contribution in [2.75, 3.05) is 47.0 Å². The van der Waals surface area contributed by atoms with Gasteiger partial charge < -0.3 is 25.8 Å². The van der Waals surface area contributed by atoms with Crippen LogP contribution in [-0.4, -0.2) is 75.8 Å². The molecule has 0 heterocycles. The molecule has 6 heteroatoms. The smallest absolute Gasteiger partial charge is 0.0897 e. The third-order valence-corrected chi connectivity index (χ3v) is 2.74. The Hall–Kier alpha value is -0.950. The lowest BCUT2D eigenvalue weighted by molar-refractivity contribution is 0.181. The normalized spacial score (nSPS) is 14.8. The molecule has 0 radical (unpaired) electrons. The first-order valence-corrected chi connectivity index (χ1v) is 6.52. The molecule has 0 aromatic heterocycles. The molecule has 1 unspecified atom stereocenters. The van der Waals surface area contributed by atoms with Gasteiger partial charge >= 0.3 is 0 Å². The second-order valence-corrected chi connectivity index (χ2v) is 4.60. The van der Waals surface area contributed by atoms with Crippen molar-refractivity contribution in [2.24, 2.45) is 10.7 Å². The van der Waals surface area contributed by atoms with E-state index in [2.05, 4.69) is 21.9 Å². The van der Waals surface area contributed by atoms with Crippen LogP contribution < -0.4 is 11.1 Å². The third-order valence-electron chi connectivity index (χ3n) is 2.74. The molecular weight excluding hydrogens is 244 g/mol. The van der Waals surface area contributed by atoms with Gasteiger partial charge in [-0.3, -0.25) is 4.99 Å². The minimum atomic E-state index is -0.127. The highest BCUT2D eigenvalue weighted by Crippen LogP contribution is 1.92. The van der Waals surface area contributed by atoms with E-state index in [9.17, 15) is 0 Å². The van der Waals surface area contributed by atoms with Crippen molar-refractivity contribution in [1.82, 2.24) is 10.2 Å². The van der Waals surface area contributed by atoms with Gasteiger partial charge in [0.2, 0.25) is 0 Å². The highest BCUT2D eigenvalue weighted by atomic mass is 16.5. The molecule has 0 fully saturated rings.